The van der Waals surface area contributed by atoms with Gasteiger partial charge in [0.05, 0.1) is 16.8 Å². The standard InChI is InChI=1S/C17H17N3OS/c21-11-15-14-3-1-2-4-16(14)20(13-5-10-22-12-13)17(15)19-8-6-18-7-9-19/h1-5,10-12,18H,6-9H2. The SMILES string of the molecule is O=Cc1c(N2CCNCC2)n(-c2ccsc2)c2ccccc12. The van der Waals surface area contributed by atoms with E-state index in [4.69, 9.17) is 0 Å². The van der Waals surface area contributed by atoms with Gasteiger partial charge in [-0.25, -0.2) is 0 Å². The average Bonchev–Trinajstić information content (AvgIpc) is 3.20. The maximum Gasteiger partial charge on any atom is 0.154 e. The Labute approximate surface area is 133 Å². The molecule has 1 aliphatic rings. The van der Waals surface area contributed by atoms with E-state index in [1.165, 1.54) is 0 Å². The molecule has 0 radical (unpaired) electrons. The first-order valence-corrected chi connectivity index (χ1v) is 8.41. The molecule has 1 aliphatic heterocycles. The molecule has 1 N–H and O–H groups in total. The quantitative estimate of drug-likeness (QED) is 0.756. The topological polar surface area (TPSA) is 37.3 Å². The fraction of sp³-hybridized carbons (Fsp3) is 0.235. The van der Waals surface area contributed by atoms with E-state index in [9.17, 15) is 4.79 Å². The summed E-state index contributed by atoms with van der Waals surface area (Å²) in [5, 5.41) is 8.61. The van der Waals surface area contributed by atoms with Crippen LogP contribution in [0.25, 0.3) is 16.6 Å². The minimum atomic E-state index is 0.795. The first kappa shape index (κ1) is 13.5. The van der Waals surface area contributed by atoms with Crippen molar-refractivity contribution in [3.05, 3.63) is 46.7 Å². The summed E-state index contributed by atoms with van der Waals surface area (Å²) < 4.78 is 2.22. The Bertz CT molecular complexity index is 801. The second-order valence-electron chi connectivity index (χ2n) is 5.43. The number of hydrogen-bond acceptors (Lipinski definition) is 4. The number of aromatic nitrogens is 1. The van der Waals surface area contributed by atoms with Crippen LogP contribution in [0.1, 0.15) is 10.4 Å². The Morgan fingerprint density at radius 3 is 2.68 bits per heavy atom. The maximum absolute atomic E-state index is 11.8. The monoisotopic (exact) mass is 311 g/mol. The highest BCUT2D eigenvalue weighted by Crippen LogP contribution is 2.35. The molecule has 0 spiro atoms. The zero-order valence-corrected chi connectivity index (χ0v) is 13.0. The van der Waals surface area contributed by atoms with Crippen LogP contribution in [0.3, 0.4) is 0 Å². The van der Waals surface area contributed by atoms with E-state index >= 15 is 0 Å². The lowest BCUT2D eigenvalue weighted by Gasteiger charge is -2.30. The van der Waals surface area contributed by atoms with Gasteiger partial charge < -0.3 is 10.2 Å². The van der Waals surface area contributed by atoms with Gasteiger partial charge in [-0.15, -0.1) is 0 Å². The summed E-state index contributed by atoms with van der Waals surface area (Å²) in [6.45, 7) is 3.73. The highest BCUT2D eigenvalue weighted by atomic mass is 32.1. The van der Waals surface area contributed by atoms with Crippen molar-refractivity contribution in [3.8, 4) is 5.69 Å². The van der Waals surface area contributed by atoms with E-state index in [1.807, 2.05) is 18.2 Å². The number of aldehydes is 1. The van der Waals surface area contributed by atoms with Crippen molar-refractivity contribution in [1.82, 2.24) is 9.88 Å². The number of para-hydroxylation sites is 1. The van der Waals surface area contributed by atoms with Crippen LogP contribution < -0.4 is 10.2 Å². The number of benzene rings is 1. The highest BCUT2D eigenvalue weighted by molar-refractivity contribution is 7.08. The summed E-state index contributed by atoms with van der Waals surface area (Å²) in [5.74, 6) is 1.02. The Morgan fingerprint density at radius 2 is 1.95 bits per heavy atom. The molecule has 3 heterocycles. The summed E-state index contributed by atoms with van der Waals surface area (Å²) in [7, 11) is 0. The average molecular weight is 311 g/mol. The summed E-state index contributed by atoms with van der Waals surface area (Å²) in [6.07, 6.45) is 1.00. The van der Waals surface area contributed by atoms with E-state index in [0.717, 1.165) is 60.4 Å². The highest BCUT2D eigenvalue weighted by Gasteiger charge is 2.23. The summed E-state index contributed by atoms with van der Waals surface area (Å²) >= 11 is 1.68. The summed E-state index contributed by atoms with van der Waals surface area (Å²) in [5.41, 5.74) is 3.02. The van der Waals surface area contributed by atoms with Crippen molar-refractivity contribution in [2.45, 2.75) is 0 Å². The molecule has 1 fully saturated rings. The molecular formula is C17H17N3OS. The third-order valence-electron chi connectivity index (χ3n) is 4.19. The number of nitrogens with zero attached hydrogens (tertiary/aromatic N) is 2. The molecule has 0 amide bonds. The van der Waals surface area contributed by atoms with Crippen LogP contribution in [0.5, 0.6) is 0 Å². The molecule has 0 atom stereocenters. The normalized spacial score (nSPS) is 15.4. The fourth-order valence-electron chi connectivity index (χ4n) is 3.20. The third-order valence-corrected chi connectivity index (χ3v) is 4.86. The van der Waals surface area contributed by atoms with Gasteiger partial charge in [0.1, 0.15) is 5.82 Å². The minimum absolute atomic E-state index is 0.795. The van der Waals surface area contributed by atoms with Crippen molar-refractivity contribution in [3.63, 3.8) is 0 Å². The molecule has 1 aromatic carbocycles. The lowest BCUT2D eigenvalue weighted by molar-refractivity contribution is 0.112. The third kappa shape index (κ3) is 2.05. The molecule has 112 valence electrons. The van der Waals surface area contributed by atoms with Gasteiger partial charge in [-0.1, -0.05) is 18.2 Å². The van der Waals surface area contributed by atoms with Crippen LogP contribution in [0.15, 0.2) is 41.1 Å². The van der Waals surface area contributed by atoms with Crippen LogP contribution in [0.4, 0.5) is 5.82 Å². The minimum Gasteiger partial charge on any atom is -0.355 e. The number of carbonyl (C=O) groups excluding carboxylic acids is 1. The number of anilines is 1. The molecule has 0 saturated carbocycles. The first-order chi connectivity index (χ1) is 10.9. The number of hydrogen-bond donors (Lipinski definition) is 1. The van der Waals surface area contributed by atoms with Crippen molar-refractivity contribution in [2.75, 3.05) is 31.1 Å². The second-order valence-corrected chi connectivity index (χ2v) is 6.21. The molecule has 5 heteroatoms. The molecule has 1 saturated heterocycles. The van der Waals surface area contributed by atoms with E-state index in [1.54, 1.807) is 11.3 Å². The van der Waals surface area contributed by atoms with E-state index in [-0.39, 0.29) is 0 Å². The summed E-state index contributed by atoms with van der Waals surface area (Å²) in [4.78, 5) is 14.1. The number of fused-ring (bicyclic) bond motifs is 1. The molecular weight excluding hydrogens is 294 g/mol. The van der Waals surface area contributed by atoms with Crippen LogP contribution in [-0.4, -0.2) is 37.0 Å². The van der Waals surface area contributed by atoms with E-state index in [2.05, 4.69) is 37.7 Å². The molecule has 22 heavy (non-hydrogen) atoms. The molecule has 3 aromatic rings. The molecule has 2 aromatic heterocycles. The van der Waals surface area contributed by atoms with E-state index in [0.29, 0.717) is 0 Å². The molecule has 0 bridgehead atoms. The van der Waals surface area contributed by atoms with Gasteiger partial charge >= 0.3 is 0 Å². The summed E-state index contributed by atoms with van der Waals surface area (Å²) in [6, 6.07) is 10.3. The van der Waals surface area contributed by atoms with Gasteiger partial charge in [-0.2, -0.15) is 11.3 Å². The van der Waals surface area contributed by atoms with Gasteiger partial charge in [0, 0.05) is 36.9 Å². The second kappa shape index (κ2) is 5.59. The van der Waals surface area contributed by atoms with Gasteiger partial charge in [-0.3, -0.25) is 9.36 Å². The van der Waals surface area contributed by atoms with Crippen molar-refractivity contribution >= 4 is 34.3 Å². The van der Waals surface area contributed by atoms with Gasteiger partial charge in [0.2, 0.25) is 0 Å². The number of rotatable bonds is 3. The number of nitrogens with one attached hydrogen (secondary N) is 1. The maximum atomic E-state index is 11.8. The van der Waals surface area contributed by atoms with Gasteiger partial charge in [0.25, 0.3) is 0 Å². The predicted molar refractivity (Wildman–Crippen MR) is 91.6 cm³/mol. The first-order valence-electron chi connectivity index (χ1n) is 7.47. The Morgan fingerprint density at radius 1 is 1.14 bits per heavy atom. The van der Waals surface area contributed by atoms with Crippen LogP contribution >= 0.6 is 11.3 Å². The van der Waals surface area contributed by atoms with Crippen LogP contribution in [0, 0.1) is 0 Å². The van der Waals surface area contributed by atoms with Gasteiger partial charge in [0.15, 0.2) is 6.29 Å². The Hall–Kier alpha value is -2.11. The number of carbonyl (C=O) groups is 1. The zero-order valence-electron chi connectivity index (χ0n) is 12.2. The Kier molecular flexibility index (Phi) is 3.44. The number of piperazine rings is 1. The lowest BCUT2D eigenvalue weighted by atomic mass is 10.2. The van der Waals surface area contributed by atoms with Crippen molar-refractivity contribution in [2.24, 2.45) is 0 Å². The van der Waals surface area contributed by atoms with Gasteiger partial charge in [-0.05, 0) is 17.5 Å². The molecule has 4 nitrogen and oxygen atoms in total. The predicted octanol–water partition coefficient (Wildman–Crippen LogP) is 2.91. The zero-order chi connectivity index (χ0) is 14.9. The van der Waals surface area contributed by atoms with Crippen molar-refractivity contribution in [1.29, 1.82) is 0 Å². The Balaban J connectivity index is 2.03. The molecule has 0 unspecified atom stereocenters. The fourth-order valence-corrected chi connectivity index (χ4v) is 3.82. The van der Waals surface area contributed by atoms with Crippen LogP contribution in [0.2, 0.25) is 0 Å². The smallest absolute Gasteiger partial charge is 0.154 e. The number of thiophene rings is 1. The lowest BCUT2D eigenvalue weighted by Crippen LogP contribution is -2.44. The van der Waals surface area contributed by atoms with E-state index < -0.39 is 0 Å². The largest absolute Gasteiger partial charge is 0.355 e. The van der Waals surface area contributed by atoms with Crippen molar-refractivity contribution < 1.29 is 4.79 Å². The molecule has 4 rings (SSSR count). The van der Waals surface area contributed by atoms with Crippen LogP contribution in [-0.2, 0) is 0 Å². The molecule has 0 aliphatic carbocycles.